The summed E-state index contributed by atoms with van der Waals surface area (Å²) in [6.45, 7) is 1.56. The number of hydrogen-bond acceptors (Lipinski definition) is 3. The Labute approximate surface area is 95.0 Å². The topological polar surface area (TPSA) is 81.7 Å². The van der Waals surface area contributed by atoms with Gasteiger partial charge in [-0.2, -0.15) is 0 Å². The molecular formula is C10H19N3O3. The summed E-state index contributed by atoms with van der Waals surface area (Å²) in [5.41, 5.74) is 0. The van der Waals surface area contributed by atoms with Crippen LogP contribution in [-0.4, -0.2) is 55.2 Å². The first-order valence-corrected chi connectivity index (χ1v) is 5.51. The molecule has 6 nitrogen and oxygen atoms in total. The second kappa shape index (κ2) is 6.32. The summed E-state index contributed by atoms with van der Waals surface area (Å²) >= 11 is 0. The van der Waals surface area contributed by atoms with E-state index in [0.29, 0.717) is 25.6 Å². The fraction of sp³-hybridized carbons (Fsp3) is 0.800. The number of likely N-dealkylation sites (tertiary alicyclic amines) is 1. The summed E-state index contributed by atoms with van der Waals surface area (Å²) in [6, 6.07) is -0.172. The van der Waals surface area contributed by atoms with Crippen molar-refractivity contribution >= 4 is 11.9 Å². The van der Waals surface area contributed by atoms with Gasteiger partial charge in [-0.1, -0.05) is 0 Å². The zero-order valence-corrected chi connectivity index (χ0v) is 9.53. The number of nitrogens with one attached hydrogen (secondary N) is 2. The predicted molar refractivity (Wildman–Crippen MR) is 58.8 cm³/mol. The number of carbonyl (C=O) groups excluding carboxylic acids is 2. The number of rotatable bonds is 3. The minimum atomic E-state index is -0.416. The van der Waals surface area contributed by atoms with Gasteiger partial charge in [-0.3, -0.25) is 4.79 Å². The third-order valence-corrected chi connectivity index (χ3v) is 2.88. The van der Waals surface area contributed by atoms with E-state index >= 15 is 0 Å². The van der Waals surface area contributed by atoms with Gasteiger partial charge in [0.15, 0.2) is 0 Å². The van der Waals surface area contributed by atoms with Crippen LogP contribution in [0.15, 0.2) is 0 Å². The number of urea groups is 1. The monoisotopic (exact) mass is 229 g/mol. The third kappa shape index (κ3) is 3.69. The van der Waals surface area contributed by atoms with Crippen molar-refractivity contribution in [1.82, 2.24) is 15.5 Å². The predicted octanol–water partition coefficient (Wildman–Crippen LogP) is -0.854. The van der Waals surface area contributed by atoms with Crippen molar-refractivity contribution in [2.75, 3.05) is 33.3 Å². The van der Waals surface area contributed by atoms with Crippen molar-refractivity contribution < 1.29 is 14.7 Å². The molecule has 0 spiro atoms. The van der Waals surface area contributed by atoms with E-state index in [-0.39, 0.29) is 11.9 Å². The van der Waals surface area contributed by atoms with Crippen LogP contribution in [0.2, 0.25) is 0 Å². The Kier molecular flexibility index (Phi) is 5.04. The van der Waals surface area contributed by atoms with Gasteiger partial charge < -0.3 is 20.6 Å². The molecule has 1 aliphatic heterocycles. The molecule has 0 bridgehead atoms. The largest absolute Gasteiger partial charge is 0.387 e. The number of aliphatic hydroxyl groups excluding tert-OH is 1. The van der Waals surface area contributed by atoms with E-state index in [1.807, 2.05) is 0 Å². The van der Waals surface area contributed by atoms with Crippen molar-refractivity contribution in [2.24, 2.45) is 5.92 Å². The van der Waals surface area contributed by atoms with Gasteiger partial charge in [-0.25, -0.2) is 4.79 Å². The second-order valence-corrected chi connectivity index (χ2v) is 3.94. The quantitative estimate of drug-likeness (QED) is 0.589. The summed E-state index contributed by atoms with van der Waals surface area (Å²) < 4.78 is 0. The van der Waals surface area contributed by atoms with Crippen LogP contribution in [-0.2, 0) is 4.79 Å². The van der Waals surface area contributed by atoms with Crippen LogP contribution in [0.1, 0.15) is 12.8 Å². The van der Waals surface area contributed by atoms with Gasteiger partial charge in [0.05, 0.1) is 0 Å². The SMILES string of the molecule is CNC(=O)NCC1CCN(C(=O)CO)CC1. The average Bonchev–Trinajstić information content (AvgIpc) is 2.35. The molecule has 0 aromatic heterocycles. The lowest BCUT2D eigenvalue weighted by molar-refractivity contribution is -0.135. The molecule has 16 heavy (non-hydrogen) atoms. The fourth-order valence-corrected chi connectivity index (χ4v) is 1.81. The van der Waals surface area contributed by atoms with Crippen LogP contribution >= 0.6 is 0 Å². The highest BCUT2D eigenvalue weighted by Crippen LogP contribution is 2.16. The van der Waals surface area contributed by atoms with Crippen molar-refractivity contribution in [3.05, 3.63) is 0 Å². The van der Waals surface area contributed by atoms with E-state index in [9.17, 15) is 9.59 Å². The van der Waals surface area contributed by atoms with Crippen LogP contribution < -0.4 is 10.6 Å². The first kappa shape index (κ1) is 12.8. The summed E-state index contributed by atoms with van der Waals surface area (Å²) in [7, 11) is 1.58. The summed E-state index contributed by atoms with van der Waals surface area (Å²) in [5.74, 6) is 0.206. The van der Waals surface area contributed by atoms with E-state index < -0.39 is 6.61 Å². The van der Waals surface area contributed by atoms with E-state index in [1.165, 1.54) is 0 Å². The van der Waals surface area contributed by atoms with E-state index in [1.54, 1.807) is 11.9 Å². The molecule has 0 aromatic rings. The molecule has 1 aliphatic rings. The Balaban J connectivity index is 2.22. The fourth-order valence-electron chi connectivity index (χ4n) is 1.81. The number of nitrogens with zero attached hydrogens (tertiary/aromatic N) is 1. The third-order valence-electron chi connectivity index (χ3n) is 2.88. The molecule has 3 amide bonds. The molecule has 92 valence electrons. The maximum atomic E-state index is 11.2. The van der Waals surface area contributed by atoms with E-state index in [0.717, 1.165) is 12.8 Å². The van der Waals surface area contributed by atoms with Gasteiger partial charge >= 0.3 is 6.03 Å². The van der Waals surface area contributed by atoms with Gasteiger partial charge in [0.2, 0.25) is 5.91 Å². The molecule has 0 radical (unpaired) electrons. The lowest BCUT2D eigenvalue weighted by Gasteiger charge is -2.31. The molecule has 0 saturated carbocycles. The van der Waals surface area contributed by atoms with Gasteiger partial charge in [-0.05, 0) is 18.8 Å². The maximum absolute atomic E-state index is 11.2. The highest BCUT2D eigenvalue weighted by atomic mass is 16.3. The van der Waals surface area contributed by atoms with Crippen molar-refractivity contribution in [3.63, 3.8) is 0 Å². The highest BCUT2D eigenvalue weighted by molar-refractivity contribution is 5.77. The molecule has 1 heterocycles. The minimum absolute atomic E-state index is 0.172. The Hall–Kier alpha value is -1.30. The Morgan fingerprint density at radius 3 is 2.50 bits per heavy atom. The van der Waals surface area contributed by atoms with Crippen LogP contribution in [0.25, 0.3) is 0 Å². The second-order valence-electron chi connectivity index (χ2n) is 3.94. The van der Waals surface area contributed by atoms with Crippen molar-refractivity contribution in [3.8, 4) is 0 Å². The molecule has 1 fully saturated rings. The molecule has 0 atom stereocenters. The lowest BCUT2D eigenvalue weighted by atomic mass is 9.97. The average molecular weight is 229 g/mol. The number of amides is 3. The van der Waals surface area contributed by atoms with Crippen molar-refractivity contribution in [1.29, 1.82) is 0 Å². The van der Waals surface area contributed by atoms with Crippen LogP contribution in [0.3, 0.4) is 0 Å². The molecule has 0 aromatic carbocycles. The normalized spacial score (nSPS) is 17.0. The number of aliphatic hydroxyl groups is 1. The molecule has 0 unspecified atom stereocenters. The number of piperidine rings is 1. The standard InChI is InChI=1S/C10H19N3O3/c1-11-10(16)12-6-8-2-4-13(5-3-8)9(15)7-14/h8,14H,2-7H2,1H3,(H2,11,12,16). The first-order chi connectivity index (χ1) is 7.67. The molecule has 6 heteroatoms. The van der Waals surface area contributed by atoms with Crippen LogP contribution in [0.5, 0.6) is 0 Å². The van der Waals surface area contributed by atoms with Gasteiger partial charge in [-0.15, -0.1) is 0 Å². The van der Waals surface area contributed by atoms with Crippen LogP contribution in [0, 0.1) is 5.92 Å². The number of hydrogen-bond donors (Lipinski definition) is 3. The maximum Gasteiger partial charge on any atom is 0.314 e. The Morgan fingerprint density at radius 1 is 1.38 bits per heavy atom. The molecule has 0 aliphatic carbocycles. The summed E-state index contributed by atoms with van der Waals surface area (Å²) in [6.07, 6.45) is 1.74. The molecule has 3 N–H and O–H groups in total. The number of carbonyl (C=O) groups is 2. The summed E-state index contributed by atoms with van der Waals surface area (Å²) in [5, 5.41) is 14.0. The van der Waals surface area contributed by atoms with Crippen LogP contribution in [0.4, 0.5) is 4.79 Å². The van der Waals surface area contributed by atoms with Gasteiger partial charge in [0.25, 0.3) is 0 Å². The highest BCUT2D eigenvalue weighted by Gasteiger charge is 2.22. The van der Waals surface area contributed by atoms with Gasteiger partial charge in [0, 0.05) is 26.7 Å². The van der Waals surface area contributed by atoms with E-state index in [2.05, 4.69) is 10.6 Å². The van der Waals surface area contributed by atoms with Gasteiger partial charge in [0.1, 0.15) is 6.61 Å². The lowest BCUT2D eigenvalue weighted by Crippen LogP contribution is -2.43. The molecular weight excluding hydrogens is 210 g/mol. The smallest absolute Gasteiger partial charge is 0.314 e. The Bertz CT molecular complexity index is 250. The van der Waals surface area contributed by atoms with Crippen molar-refractivity contribution in [2.45, 2.75) is 12.8 Å². The zero-order valence-electron chi connectivity index (χ0n) is 9.53. The minimum Gasteiger partial charge on any atom is -0.387 e. The first-order valence-electron chi connectivity index (χ1n) is 5.51. The summed E-state index contributed by atoms with van der Waals surface area (Å²) in [4.78, 5) is 23.8. The molecule has 1 rings (SSSR count). The zero-order chi connectivity index (χ0) is 12.0. The Morgan fingerprint density at radius 2 is 2.00 bits per heavy atom. The molecule has 1 saturated heterocycles. The van der Waals surface area contributed by atoms with E-state index in [4.69, 9.17) is 5.11 Å².